The van der Waals surface area contributed by atoms with E-state index in [0.717, 1.165) is 22.6 Å². The van der Waals surface area contributed by atoms with Crippen molar-refractivity contribution in [1.82, 2.24) is 0 Å². The van der Waals surface area contributed by atoms with Crippen LogP contribution in [-0.4, -0.2) is 25.0 Å². The van der Waals surface area contributed by atoms with Crippen molar-refractivity contribution in [3.8, 4) is 5.75 Å². The summed E-state index contributed by atoms with van der Waals surface area (Å²) in [5.41, 5.74) is 8.29. The Morgan fingerprint density at radius 1 is 1.21 bits per heavy atom. The molecule has 24 heavy (non-hydrogen) atoms. The third kappa shape index (κ3) is 3.11. The van der Waals surface area contributed by atoms with Crippen LogP contribution in [0.2, 0.25) is 0 Å². The molecule has 0 fully saturated rings. The van der Waals surface area contributed by atoms with E-state index in [1.165, 1.54) is 0 Å². The number of hydrogen-bond acceptors (Lipinski definition) is 3. The maximum absolute atomic E-state index is 12.7. The summed E-state index contributed by atoms with van der Waals surface area (Å²) in [7, 11) is 1.61. The molecule has 0 saturated heterocycles. The molecule has 0 unspecified atom stereocenters. The molecule has 1 heterocycles. The fourth-order valence-corrected chi connectivity index (χ4v) is 3.12. The first kappa shape index (κ1) is 16.1. The van der Waals surface area contributed by atoms with E-state index >= 15 is 0 Å². The number of rotatable bonds is 5. The van der Waals surface area contributed by atoms with Crippen LogP contribution in [0.25, 0.3) is 0 Å². The smallest absolute Gasteiger partial charge is 0.240 e. The van der Waals surface area contributed by atoms with Gasteiger partial charge in [0.1, 0.15) is 11.8 Å². The maximum atomic E-state index is 12.7. The van der Waals surface area contributed by atoms with Gasteiger partial charge in [-0.05, 0) is 35.7 Å². The van der Waals surface area contributed by atoms with Gasteiger partial charge in [0.15, 0.2) is 0 Å². The molecule has 1 atom stereocenters. The zero-order valence-corrected chi connectivity index (χ0v) is 13.6. The van der Waals surface area contributed by atoms with Gasteiger partial charge in [0, 0.05) is 18.5 Å². The molecule has 2 aromatic rings. The highest BCUT2D eigenvalue weighted by atomic mass is 16.5. The lowest BCUT2D eigenvalue weighted by molar-refractivity contribution is -0.124. The molecule has 0 aliphatic carbocycles. The molecule has 5 heteroatoms. The number of ether oxygens (including phenoxy) is 1. The van der Waals surface area contributed by atoms with Gasteiger partial charge in [-0.2, -0.15) is 0 Å². The minimum Gasteiger partial charge on any atom is -0.497 e. The van der Waals surface area contributed by atoms with E-state index in [-0.39, 0.29) is 5.91 Å². The number of methoxy groups -OCH3 is 1. The van der Waals surface area contributed by atoms with E-state index in [4.69, 9.17) is 10.5 Å². The van der Waals surface area contributed by atoms with E-state index in [0.29, 0.717) is 19.3 Å². The summed E-state index contributed by atoms with van der Waals surface area (Å²) < 4.78 is 5.20. The second-order valence-corrected chi connectivity index (χ2v) is 5.87. The predicted molar refractivity (Wildman–Crippen MR) is 91.9 cm³/mol. The number of carbonyl (C=O) groups is 2. The number of nitrogens with zero attached hydrogens (tertiary/aromatic N) is 1. The molecular formula is C19H20N2O3. The molecule has 2 aromatic carbocycles. The minimum atomic E-state index is -0.597. The van der Waals surface area contributed by atoms with Crippen molar-refractivity contribution in [2.45, 2.75) is 25.3 Å². The molecule has 2 amide bonds. The second kappa shape index (κ2) is 6.74. The Hall–Kier alpha value is -2.82. The fraction of sp³-hybridized carbons (Fsp3) is 0.263. The first-order valence-electron chi connectivity index (χ1n) is 7.92. The van der Waals surface area contributed by atoms with Crippen LogP contribution in [0.3, 0.4) is 0 Å². The standard InChI is InChI=1S/C19H20N2O3/c1-24-15-7-4-5-13(11-15)9-10-18(22)21-16-8-3-2-6-14(16)12-17(21)19(20)23/h2-8,11,17H,9-10,12H2,1H3,(H2,20,23)/t17-/m0/s1. The van der Waals surface area contributed by atoms with Gasteiger partial charge in [-0.15, -0.1) is 0 Å². The summed E-state index contributed by atoms with van der Waals surface area (Å²) in [4.78, 5) is 26.0. The Balaban J connectivity index is 1.76. The maximum Gasteiger partial charge on any atom is 0.240 e. The number of para-hydroxylation sites is 1. The van der Waals surface area contributed by atoms with Gasteiger partial charge in [0.05, 0.1) is 7.11 Å². The SMILES string of the molecule is COc1cccc(CCC(=O)N2c3ccccc3C[C@H]2C(N)=O)c1. The Kier molecular flexibility index (Phi) is 4.51. The number of amides is 2. The number of nitrogens with two attached hydrogens (primary N) is 1. The van der Waals surface area contributed by atoms with Crippen molar-refractivity contribution in [3.05, 3.63) is 59.7 Å². The normalized spacial score (nSPS) is 15.9. The summed E-state index contributed by atoms with van der Waals surface area (Å²) in [5.74, 6) is 0.203. The number of carbonyl (C=O) groups excluding carboxylic acids is 2. The molecule has 2 N–H and O–H groups in total. The van der Waals surface area contributed by atoms with Crippen LogP contribution >= 0.6 is 0 Å². The Morgan fingerprint density at radius 2 is 2.00 bits per heavy atom. The third-order valence-corrected chi connectivity index (χ3v) is 4.33. The fourth-order valence-electron chi connectivity index (χ4n) is 3.12. The van der Waals surface area contributed by atoms with Gasteiger partial charge in [-0.1, -0.05) is 30.3 Å². The van der Waals surface area contributed by atoms with Crippen LogP contribution in [0.5, 0.6) is 5.75 Å². The highest BCUT2D eigenvalue weighted by molar-refractivity contribution is 6.03. The van der Waals surface area contributed by atoms with Crippen LogP contribution < -0.4 is 15.4 Å². The largest absolute Gasteiger partial charge is 0.497 e. The quantitative estimate of drug-likeness (QED) is 0.915. The number of anilines is 1. The van der Waals surface area contributed by atoms with Gasteiger partial charge >= 0.3 is 0 Å². The number of fused-ring (bicyclic) bond motifs is 1. The lowest BCUT2D eigenvalue weighted by atomic mass is 10.1. The topological polar surface area (TPSA) is 72.6 Å². The van der Waals surface area contributed by atoms with Gasteiger partial charge in [-0.3, -0.25) is 14.5 Å². The third-order valence-electron chi connectivity index (χ3n) is 4.33. The molecule has 0 saturated carbocycles. The van der Waals surface area contributed by atoms with E-state index in [9.17, 15) is 9.59 Å². The van der Waals surface area contributed by atoms with E-state index < -0.39 is 11.9 Å². The number of aryl methyl sites for hydroxylation is 1. The van der Waals surface area contributed by atoms with Gasteiger partial charge < -0.3 is 10.5 Å². The molecule has 124 valence electrons. The Labute approximate surface area is 141 Å². The van der Waals surface area contributed by atoms with E-state index in [1.807, 2.05) is 48.5 Å². The van der Waals surface area contributed by atoms with E-state index in [2.05, 4.69) is 0 Å². The van der Waals surface area contributed by atoms with Crippen molar-refractivity contribution in [1.29, 1.82) is 0 Å². The monoisotopic (exact) mass is 324 g/mol. The van der Waals surface area contributed by atoms with Crippen molar-refractivity contribution >= 4 is 17.5 Å². The average Bonchev–Trinajstić information content (AvgIpc) is 3.00. The molecule has 0 spiro atoms. The molecule has 0 aromatic heterocycles. The minimum absolute atomic E-state index is 0.0911. The summed E-state index contributed by atoms with van der Waals surface area (Å²) in [5, 5.41) is 0. The molecule has 1 aliphatic rings. The van der Waals surface area contributed by atoms with Gasteiger partial charge in [0.2, 0.25) is 11.8 Å². The lowest BCUT2D eigenvalue weighted by Gasteiger charge is -2.23. The van der Waals surface area contributed by atoms with E-state index in [1.54, 1.807) is 12.0 Å². The van der Waals surface area contributed by atoms with Crippen LogP contribution in [0.4, 0.5) is 5.69 Å². The zero-order valence-electron chi connectivity index (χ0n) is 13.6. The molecule has 0 radical (unpaired) electrons. The van der Waals surface area contributed by atoms with Crippen LogP contribution in [0, 0.1) is 0 Å². The van der Waals surface area contributed by atoms with Crippen LogP contribution in [-0.2, 0) is 22.4 Å². The molecule has 1 aliphatic heterocycles. The molecular weight excluding hydrogens is 304 g/mol. The summed E-state index contributed by atoms with van der Waals surface area (Å²) in [6, 6.07) is 14.6. The molecule has 5 nitrogen and oxygen atoms in total. The predicted octanol–water partition coefficient (Wildman–Crippen LogP) is 2.07. The summed E-state index contributed by atoms with van der Waals surface area (Å²) in [6.45, 7) is 0. The van der Waals surface area contributed by atoms with Crippen molar-refractivity contribution in [3.63, 3.8) is 0 Å². The summed E-state index contributed by atoms with van der Waals surface area (Å²) >= 11 is 0. The highest BCUT2D eigenvalue weighted by Gasteiger charge is 2.36. The van der Waals surface area contributed by atoms with Crippen molar-refractivity contribution in [2.24, 2.45) is 5.73 Å². The van der Waals surface area contributed by atoms with Crippen molar-refractivity contribution in [2.75, 3.05) is 12.0 Å². The first-order chi connectivity index (χ1) is 11.6. The molecule has 0 bridgehead atoms. The van der Waals surface area contributed by atoms with Gasteiger partial charge in [0.25, 0.3) is 0 Å². The highest BCUT2D eigenvalue weighted by Crippen LogP contribution is 2.32. The molecule has 3 rings (SSSR count). The zero-order chi connectivity index (χ0) is 17.1. The summed E-state index contributed by atoms with van der Waals surface area (Å²) in [6.07, 6.45) is 1.38. The Morgan fingerprint density at radius 3 is 2.75 bits per heavy atom. The van der Waals surface area contributed by atoms with Gasteiger partial charge in [-0.25, -0.2) is 0 Å². The Bertz CT molecular complexity index is 773. The number of benzene rings is 2. The lowest BCUT2D eigenvalue weighted by Crippen LogP contribution is -2.46. The first-order valence-corrected chi connectivity index (χ1v) is 7.92. The average molecular weight is 324 g/mol. The van der Waals surface area contributed by atoms with Crippen LogP contribution in [0.15, 0.2) is 48.5 Å². The van der Waals surface area contributed by atoms with Crippen molar-refractivity contribution < 1.29 is 14.3 Å². The number of primary amides is 1. The number of hydrogen-bond donors (Lipinski definition) is 1. The van der Waals surface area contributed by atoms with Crippen LogP contribution in [0.1, 0.15) is 17.5 Å². The second-order valence-electron chi connectivity index (χ2n) is 5.87.